The van der Waals surface area contributed by atoms with Crippen LogP contribution in [0.15, 0.2) is 30.7 Å². The summed E-state index contributed by atoms with van der Waals surface area (Å²) in [6, 6.07) is 3.96. The molecule has 1 aliphatic heterocycles. The van der Waals surface area contributed by atoms with Gasteiger partial charge in [-0.3, -0.25) is 14.5 Å². The maximum absolute atomic E-state index is 12.8. The van der Waals surface area contributed by atoms with Gasteiger partial charge in [-0.05, 0) is 18.9 Å². The molecule has 0 unspecified atom stereocenters. The van der Waals surface area contributed by atoms with Gasteiger partial charge in [0.15, 0.2) is 0 Å². The lowest BCUT2D eigenvalue weighted by atomic mass is 9.82. The number of rotatable bonds is 4. The molecule has 3 heterocycles. The van der Waals surface area contributed by atoms with Crippen molar-refractivity contribution in [3.8, 4) is 11.1 Å². The van der Waals surface area contributed by atoms with Crippen LogP contribution in [-0.2, 0) is 16.6 Å². The number of hydrogen-bond acceptors (Lipinski definition) is 5. The van der Waals surface area contributed by atoms with Crippen molar-refractivity contribution >= 4 is 5.91 Å². The maximum atomic E-state index is 12.8. The van der Waals surface area contributed by atoms with Gasteiger partial charge in [0.2, 0.25) is 5.91 Å². The fourth-order valence-electron chi connectivity index (χ4n) is 4.17. The first-order chi connectivity index (χ1) is 13.5. The van der Waals surface area contributed by atoms with Crippen LogP contribution >= 0.6 is 0 Å². The second kappa shape index (κ2) is 8.01. The lowest BCUT2D eigenvalue weighted by Crippen LogP contribution is -2.46. The Balaban J connectivity index is 1.40. The molecule has 0 aromatic carbocycles. The van der Waals surface area contributed by atoms with Gasteiger partial charge in [0.1, 0.15) is 6.10 Å². The Morgan fingerprint density at radius 2 is 2.07 bits per heavy atom. The van der Waals surface area contributed by atoms with Crippen molar-refractivity contribution in [3.63, 3.8) is 0 Å². The number of aryl methyl sites for hydroxylation is 1. The smallest absolute Gasteiger partial charge is 0.225 e. The molecule has 7 nitrogen and oxygen atoms in total. The average Bonchev–Trinajstić information content (AvgIpc) is 3.15. The van der Waals surface area contributed by atoms with Gasteiger partial charge >= 0.3 is 0 Å². The zero-order valence-corrected chi connectivity index (χ0v) is 16.4. The van der Waals surface area contributed by atoms with Gasteiger partial charge in [-0.1, -0.05) is 25.3 Å². The van der Waals surface area contributed by atoms with E-state index in [1.165, 1.54) is 0 Å². The topological polar surface area (TPSA) is 80.5 Å². The second-order valence-electron chi connectivity index (χ2n) is 8.04. The van der Waals surface area contributed by atoms with Crippen LogP contribution in [0.25, 0.3) is 11.1 Å². The van der Waals surface area contributed by atoms with Crippen LogP contribution in [0.2, 0.25) is 0 Å². The number of ether oxygens (including phenoxy) is 1. The van der Waals surface area contributed by atoms with E-state index in [0.717, 1.165) is 48.9 Å². The Labute approximate surface area is 165 Å². The van der Waals surface area contributed by atoms with Crippen molar-refractivity contribution < 1.29 is 14.6 Å². The Kier molecular flexibility index (Phi) is 5.46. The van der Waals surface area contributed by atoms with Crippen molar-refractivity contribution in [1.82, 2.24) is 19.7 Å². The van der Waals surface area contributed by atoms with Crippen LogP contribution in [0.3, 0.4) is 0 Å². The average molecular weight is 384 g/mol. The highest BCUT2D eigenvalue weighted by Crippen LogP contribution is 2.32. The number of nitrogens with zero attached hydrogens (tertiary/aromatic N) is 4. The third kappa shape index (κ3) is 4.25. The van der Waals surface area contributed by atoms with Gasteiger partial charge in [0.25, 0.3) is 0 Å². The normalized spacial score (nSPS) is 22.2. The van der Waals surface area contributed by atoms with Crippen LogP contribution < -0.4 is 0 Å². The molecule has 1 atom stereocenters. The number of aromatic nitrogens is 3. The van der Waals surface area contributed by atoms with Crippen LogP contribution in [0.1, 0.15) is 50.3 Å². The van der Waals surface area contributed by atoms with Crippen molar-refractivity contribution in [1.29, 1.82) is 0 Å². The van der Waals surface area contributed by atoms with Crippen LogP contribution in [0, 0.1) is 0 Å². The standard InChI is InChI=1S/C21H28N4O3/c1-24-14-17(13-23-24)16-5-6-18(22-12-16)19-15-25(9-10-28-19)20(26)11-21(27)7-3-2-4-8-21/h5-6,12-14,19,27H,2-4,7-11,15H2,1H3/t19-/m1/s1. The zero-order chi connectivity index (χ0) is 19.6. The molecule has 0 bridgehead atoms. The summed E-state index contributed by atoms with van der Waals surface area (Å²) in [7, 11) is 1.89. The molecule has 4 rings (SSSR count). The van der Waals surface area contributed by atoms with E-state index in [-0.39, 0.29) is 18.4 Å². The minimum Gasteiger partial charge on any atom is -0.389 e. The Morgan fingerprint density at radius 1 is 1.25 bits per heavy atom. The molecule has 1 amide bonds. The van der Waals surface area contributed by atoms with Crippen molar-refractivity contribution in [2.75, 3.05) is 19.7 Å². The molecule has 1 saturated heterocycles. The number of morpholine rings is 1. The molecule has 2 aromatic heterocycles. The van der Waals surface area contributed by atoms with Crippen LogP contribution in [0.4, 0.5) is 0 Å². The number of hydrogen-bond donors (Lipinski definition) is 1. The predicted molar refractivity (Wildman–Crippen MR) is 104 cm³/mol. The van der Waals surface area contributed by atoms with Crippen LogP contribution in [0.5, 0.6) is 0 Å². The number of amides is 1. The van der Waals surface area contributed by atoms with E-state index >= 15 is 0 Å². The summed E-state index contributed by atoms with van der Waals surface area (Å²) in [4.78, 5) is 19.1. The molecule has 0 spiro atoms. The molecule has 1 N–H and O–H groups in total. The summed E-state index contributed by atoms with van der Waals surface area (Å²) < 4.78 is 7.64. The van der Waals surface area contributed by atoms with Crippen LogP contribution in [-0.4, -0.2) is 56.0 Å². The summed E-state index contributed by atoms with van der Waals surface area (Å²) in [6.07, 6.45) is 10.2. The summed E-state index contributed by atoms with van der Waals surface area (Å²) in [5, 5.41) is 14.9. The first-order valence-corrected chi connectivity index (χ1v) is 10.1. The van der Waals surface area contributed by atoms with Gasteiger partial charge in [-0.15, -0.1) is 0 Å². The minimum absolute atomic E-state index is 0.0182. The Hall–Kier alpha value is -2.25. The maximum Gasteiger partial charge on any atom is 0.225 e. The summed E-state index contributed by atoms with van der Waals surface area (Å²) in [5.41, 5.74) is 2.01. The number of carbonyl (C=O) groups is 1. The van der Waals surface area contributed by atoms with E-state index < -0.39 is 5.60 Å². The molecule has 1 aliphatic carbocycles. The first-order valence-electron chi connectivity index (χ1n) is 10.1. The van der Waals surface area contributed by atoms with E-state index in [0.29, 0.717) is 19.7 Å². The fraction of sp³-hybridized carbons (Fsp3) is 0.571. The minimum atomic E-state index is -0.827. The van der Waals surface area contributed by atoms with E-state index in [9.17, 15) is 9.90 Å². The molecule has 2 fully saturated rings. The molecule has 2 aromatic rings. The summed E-state index contributed by atoms with van der Waals surface area (Å²) in [5.74, 6) is 0.0182. The third-order valence-corrected chi connectivity index (χ3v) is 5.84. The highest BCUT2D eigenvalue weighted by Gasteiger charge is 2.35. The lowest BCUT2D eigenvalue weighted by Gasteiger charge is -2.37. The predicted octanol–water partition coefficient (Wildman–Crippen LogP) is 2.47. The molecule has 28 heavy (non-hydrogen) atoms. The van der Waals surface area contributed by atoms with E-state index in [2.05, 4.69) is 10.1 Å². The Bertz CT molecular complexity index is 811. The molecule has 2 aliphatic rings. The van der Waals surface area contributed by atoms with Crippen molar-refractivity contribution in [2.45, 2.75) is 50.2 Å². The zero-order valence-electron chi connectivity index (χ0n) is 16.4. The molecule has 1 saturated carbocycles. The molecule has 150 valence electrons. The largest absolute Gasteiger partial charge is 0.389 e. The summed E-state index contributed by atoms with van der Waals surface area (Å²) >= 11 is 0. The molecule has 7 heteroatoms. The quantitative estimate of drug-likeness (QED) is 0.876. The summed E-state index contributed by atoms with van der Waals surface area (Å²) in [6.45, 7) is 1.54. The number of carbonyl (C=O) groups excluding carboxylic acids is 1. The lowest BCUT2D eigenvalue weighted by molar-refractivity contribution is -0.145. The number of aliphatic hydroxyl groups is 1. The Morgan fingerprint density at radius 3 is 2.75 bits per heavy atom. The highest BCUT2D eigenvalue weighted by atomic mass is 16.5. The van der Waals surface area contributed by atoms with Gasteiger partial charge in [-0.2, -0.15) is 5.10 Å². The van der Waals surface area contributed by atoms with Gasteiger partial charge in [0, 0.05) is 37.1 Å². The SMILES string of the molecule is Cn1cc(-c2ccc([C@H]3CN(C(=O)CC4(O)CCCCC4)CCO3)nc2)cn1. The van der Waals surface area contributed by atoms with Gasteiger partial charge in [-0.25, -0.2) is 0 Å². The van der Waals surface area contributed by atoms with Crippen molar-refractivity contribution in [2.24, 2.45) is 7.05 Å². The van der Waals surface area contributed by atoms with Gasteiger partial charge in [0.05, 0.1) is 37.1 Å². The van der Waals surface area contributed by atoms with E-state index in [4.69, 9.17) is 4.74 Å². The van der Waals surface area contributed by atoms with E-state index in [1.54, 1.807) is 4.68 Å². The molecule has 0 radical (unpaired) electrons. The molecular weight excluding hydrogens is 356 g/mol. The molecular formula is C21H28N4O3. The fourth-order valence-corrected chi connectivity index (χ4v) is 4.17. The first kappa shape index (κ1) is 19.1. The van der Waals surface area contributed by atoms with Crippen molar-refractivity contribution in [3.05, 3.63) is 36.4 Å². The van der Waals surface area contributed by atoms with E-state index in [1.807, 2.05) is 42.7 Å². The highest BCUT2D eigenvalue weighted by molar-refractivity contribution is 5.77. The monoisotopic (exact) mass is 384 g/mol. The van der Waals surface area contributed by atoms with Gasteiger partial charge < -0.3 is 14.7 Å². The number of pyridine rings is 1. The second-order valence-corrected chi connectivity index (χ2v) is 8.04. The third-order valence-electron chi connectivity index (χ3n) is 5.84.